The van der Waals surface area contributed by atoms with Crippen molar-refractivity contribution < 1.29 is 29.7 Å². The van der Waals surface area contributed by atoms with Crippen molar-refractivity contribution >= 4 is 30.5 Å². The van der Waals surface area contributed by atoms with Crippen molar-refractivity contribution in [1.29, 1.82) is 0 Å². The second-order valence-corrected chi connectivity index (χ2v) is 6.13. The Kier molecular flexibility index (Phi) is 8.57. The van der Waals surface area contributed by atoms with E-state index in [0.717, 1.165) is 28.0 Å². The highest BCUT2D eigenvalue weighted by molar-refractivity contribution is 5.91. The van der Waals surface area contributed by atoms with E-state index in [0.29, 0.717) is 0 Å². The van der Waals surface area contributed by atoms with Gasteiger partial charge in [0.05, 0.1) is 23.3 Å². The smallest absolute Gasteiger partial charge is 0.290 e. The third-order valence-electron chi connectivity index (χ3n) is 4.54. The number of H-pyrrole nitrogens is 1. The minimum atomic E-state index is -0.250. The molecular weight excluding hydrogens is 416 g/mol. The number of nitrogens with zero attached hydrogens (tertiary/aromatic N) is 2. The van der Waals surface area contributed by atoms with Gasteiger partial charge in [-0.05, 0) is 28.3 Å². The number of pyridine rings is 1. The first-order chi connectivity index (χ1) is 15.6. The molecule has 1 aliphatic rings. The van der Waals surface area contributed by atoms with E-state index in [2.05, 4.69) is 40.3 Å². The van der Waals surface area contributed by atoms with Gasteiger partial charge in [-0.25, -0.2) is 4.98 Å². The van der Waals surface area contributed by atoms with E-state index in [1.165, 1.54) is 16.7 Å². The summed E-state index contributed by atoms with van der Waals surface area (Å²) in [7, 11) is 0. The number of aromatic nitrogens is 3. The highest BCUT2D eigenvalue weighted by Gasteiger charge is 2.28. The fourth-order valence-electron chi connectivity index (χ4n) is 3.48. The van der Waals surface area contributed by atoms with Gasteiger partial charge in [0, 0.05) is 11.8 Å². The first-order valence-electron chi connectivity index (χ1n) is 9.09. The molecule has 0 saturated heterocycles. The number of hydrogen-bond acceptors (Lipinski definition) is 6. The molecule has 1 aliphatic carbocycles. The highest BCUT2D eigenvalue weighted by Crippen LogP contribution is 2.46. The Balaban J connectivity index is 0.000000353. The zero-order chi connectivity index (χ0) is 23.5. The maximum absolute atomic E-state index is 8.36. The van der Waals surface area contributed by atoms with Crippen LogP contribution in [0.5, 0.6) is 0 Å². The summed E-state index contributed by atoms with van der Waals surface area (Å²) in [6.07, 6.45) is 3.56. The molecule has 2 heterocycles. The monoisotopic (exact) mass is 436 g/mol. The van der Waals surface area contributed by atoms with Gasteiger partial charge in [0.1, 0.15) is 5.82 Å². The normalized spacial score (nSPS) is 12.3. The summed E-state index contributed by atoms with van der Waals surface area (Å²) in [5.41, 5.74) is 14.1. The van der Waals surface area contributed by atoms with Gasteiger partial charge in [0.15, 0.2) is 0 Å². The Morgan fingerprint density at radius 1 is 0.844 bits per heavy atom. The molecule has 10 heteroatoms. The molecule has 0 aliphatic heterocycles. The Labute approximate surface area is 182 Å². The first kappa shape index (κ1) is 23.7. The van der Waals surface area contributed by atoms with Crippen molar-refractivity contribution in [1.82, 2.24) is 15.0 Å². The molecule has 0 radical (unpaired) electrons. The molecule has 5 rings (SSSR count). The third kappa shape index (κ3) is 4.94. The number of hydrogen-bond donors (Lipinski definition) is 5. The molecule has 0 bridgehead atoms. The maximum Gasteiger partial charge on any atom is 0.290 e. The van der Waals surface area contributed by atoms with Crippen molar-refractivity contribution in [2.45, 2.75) is 6.04 Å². The summed E-state index contributed by atoms with van der Waals surface area (Å²) in [5, 5.41) is 20.7. The molecule has 2 aromatic heterocycles. The van der Waals surface area contributed by atoms with Gasteiger partial charge in [-0.3, -0.25) is 19.4 Å². The van der Waals surface area contributed by atoms with Crippen LogP contribution >= 0.6 is 0 Å². The van der Waals surface area contributed by atoms with Crippen LogP contribution in [0.3, 0.4) is 0 Å². The molecule has 0 saturated carbocycles. The fraction of sp³-hybridized carbons (Fsp3) is 0.0455. The van der Waals surface area contributed by atoms with Crippen LogP contribution in [0.4, 0.5) is 0 Å². The van der Waals surface area contributed by atoms with Crippen molar-refractivity contribution in [3.8, 4) is 22.5 Å². The van der Waals surface area contributed by atoms with Gasteiger partial charge in [0.2, 0.25) is 0 Å². The van der Waals surface area contributed by atoms with Crippen molar-refractivity contribution in [3.05, 3.63) is 72.1 Å². The Morgan fingerprint density at radius 3 is 2.09 bits per heavy atom. The van der Waals surface area contributed by atoms with Gasteiger partial charge in [-0.2, -0.15) is 0 Å². The topological polar surface area (TPSA) is 179 Å². The quantitative estimate of drug-likeness (QED) is 0.280. The lowest BCUT2D eigenvalue weighted by Crippen LogP contribution is -2.07. The lowest BCUT2D eigenvalue weighted by Gasteiger charge is -2.08. The average molecular weight is 436 g/mol. The molecule has 4 aromatic rings. The summed E-state index contributed by atoms with van der Waals surface area (Å²) in [6, 6.07) is 16.4. The van der Waals surface area contributed by atoms with Crippen LogP contribution in [0.15, 0.2) is 60.9 Å². The maximum atomic E-state index is 8.36. The molecule has 0 spiro atoms. The minimum Gasteiger partial charge on any atom is -0.483 e. The van der Waals surface area contributed by atoms with E-state index >= 15 is 0 Å². The number of fused-ring (bicyclic) bond motifs is 4. The summed E-state index contributed by atoms with van der Waals surface area (Å²) in [6.45, 7) is -0.750. The van der Waals surface area contributed by atoms with E-state index in [-0.39, 0.29) is 25.5 Å². The summed E-state index contributed by atoms with van der Waals surface area (Å²) in [4.78, 5) is 37.3. The molecule has 6 N–H and O–H groups in total. The number of nitrogens with two attached hydrogens (primary N) is 1. The molecule has 1 atom stereocenters. The predicted molar refractivity (Wildman–Crippen MR) is 117 cm³/mol. The van der Waals surface area contributed by atoms with Crippen LogP contribution in [-0.4, -0.2) is 49.7 Å². The third-order valence-corrected chi connectivity index (χ3v) is 4.54. The van der Waals surface area contributed by atoms with Crippen LogP contribution in [-0.2, 0) is 14.4 Å². The first-order valence-corrected chi connectivity index (χ1v) is 9.09. The standard InChI is InChI=1S/C19H14N4.3CH2O2/c20-18-12-5-2-1-4-11(12)17-13(18)6-3-7-14(17)19-22-15-8-9-21-10-16(15)23-19;3*2-1-3/h1-10,18H,20H2,(H,22,23);3*1H,(H,2,3). The number of benzene rings is 2. The summed E-state index contributed by atoms with van der Waals surface area (Å²) in [5.74, 6) is 0.855. The number of aromatic amines is 1. The second kappa shape index (κ2) is 11.6. The largest absolute Gasteiger partial charge is 0.483 e. The van der Waals surface area contributed by atoms with Gasteiger partial charge in [0.25, 0.3) is 19.4 Å². The second-order valence-electron chi connectivity index (χ2n) is 6.13. The average Bonchev–Trinajstić information content (AvgIpc) is 3.35. The zero-order valence-electron chi connectivity index (χ0n) is 16.6. The van der Waals surface area contributed by atoms with E-state index in [4.69, 9.17) is 40.4 Å². The van der Waals surface area contributed by atoms with Gasteiger partial charge >= 0.3 is 0 Å². The fourth-order valence-corrected chi connectivity index (χ4v) is 3.48. The van der Waals surface area contributed by atoms with Crippen LogP contribution in [0.2, 0.25) is 0 Å². The molecule has 10 nitrogen and oxygen atoms in total. The van der Waals surface area contributed by atoms with E-state index in [1.807, 2.05) is 18.2 Å². The van der Waals surface area contributed by atoms with Crippen LogP contribution in [0.25, 0.3) is 33.5 Å². The lowest BCUT2D eigenvalue weighted by molar-refractivity contribution is -0.123. The number of rotatable bonds is 1. The van der Waals surface area contributed by atoms with Crippen molar-refractivity contribution in [2.24, 2.45) is 5.73 Å². The summed E-state index contributed by atoms with van der Waals surface area (Å²) >= 11 is 0. The summed E-state index contributed by atoms with van der Waals surface area (Å²) < 4.78 is 0. The molecule has 2 aromatic carbocycles. The van der Waals surface area contributed by atoms with Crippen molar-refractivity contribution in [2.75, 3.05) is 0 Å². The molecule has 32 heavy (non-hydrogen) atoms. The van der Waals surface area contributed by atoms with Crippen LogP contribution < -0.4 is 5.73 Å². The lowest BCUT2D eigenvalue weighted by atomic mass is 9.99. The van der Waals surface area contributed by atoms with Gasteiger partial charge in [-0.15, -0.1) is 0 Å². The molecular formula is C22H20N4O6. The van der Waals surface area contributed by atoms with Gasteiger partial charge in [-0.1, -0.05) is 42.5 Å². The minimum absolute atomic E-state index is 0.0767. The molecule has 0 amide bonds. The molecule has 1 unspecified atom stereocenters. The number of nitrogens with one attached hydrogen (secondary N) is 1. The molecule has 0 fully saturated rings. The van der Waals surface area contributed by atoms with E-state index in [1.54, 1.807) is 12.4 Å². The van der Waals surface area contributed by atoms with E-state index in [9.17, 15) is 0 Å². The number of carbonyl (C=O) groups is 3. The Morgan fingerprint density at radius 2 is 1.44 bits per heavy atom. The van der Waals surface area contributed by atoms with Crippen LogP contribution in [0, 0.1) is 0 Å². The number of carboxylic acid groups (broad SMARTS) is 3. The highest BCUT2D eigenvalue weighted by atomic mass is 16.4. The van der Waals surface area contributed by atoms with Gasteiger partial charge < -0.3 is 26.0 Å². The SMILES string of the molecule is NC1c2ccccc2-c2c(-c3nc4ccncc4[nH]3)cccc21.O=CO.O=CO.O=CO. The Hall–Kier alpha value is -4.57. The van der Waals surface area contributed by atoms with Crippen molar-refractivity contribution in [3.63, 3.8) is 0 Å². The van der Waals surface area contributed by atoms with E-state index < -0.39 is 0 Å². The zero-order valence-corrected chi connectivity index (χ0v) is 16.6. The molecule has 164 valence electrons. The predicted octanol–water partition coefficient (Wildman–Crippen LogP) is 2.76. The number of imidazole rings is 1. The Bertz CT molecular complexity index is 1160. The van der Waals surface area contributed by atoms with Crippen LogP contribution in [0.1, 0.15) is 17.2 Å².